The molecular formula is C9H17NO3S. The molecule has 14 heavy (non-hydrogen) atoms. The van der Waals surface area contributed by atoms with Crippen LogP contribution in [0.15, 0.2) is 0 Å². The van der Waals surface area contributed by atoms with Gasteiger partial charge in [0.05, 0.1) is 0 Å². The number of aliphatic carboxylic acids is 1. The zero-order valence-corrected chi connectivity index (χ0v) is 9.62. The summed E-state index contributed by atoms with van der Waals surface area (Å²) in [5.74, 6) is -1.05. The maximum Gasteiger partial charge on any atom is 0.327 e. The lowest BCUT2D eigenvalue weighted by molar-refractivity contribution is -0.146. The van der Waals surface area contributed by atoms with Crippen molar-refractivity contribution >= 4 is 24.7 Å². The van der Waals surface area contributed by atoms with E-state index in [0.717, 1.165) is 4.31 Å². The first-order valence-corrected chi connectivity index (χ1v) is 5.03. The summed E-state index contributed by atoms with van der Waals surface area (Å²) in [6, 6.07) is -0.828. The molecule has 0 spiro atoms. The Hall–Kier alpha value is -0.710. The molecule has 0 aliphatic carbocycles. The van der Waals surface area contributed by atoms with Gasteiger partial charge in [-0.2, -0.15) is 0 Å². The normalized spacial score (nSPS) is 12.6. The minimum atomic E-state index is -1.00. The standard InChI is InChI=1S/C9H17NO3S/c1-4-8(11)10(14)7(9(12)13)5-6(2)3/h6-7,14H,4-5H2,1-3H3,(H,12,13). The fraction of sp³-hybridized carbons (Fsp3) is 0.778. The van der Waals surface area contributed by atoms with Gasteiger partial charge < -0.3 is 5.11 Å². The first-order valence-electron chi connectivity index (χ1n) is 4.63. The monoisotopic (exact) mass is 219 g/mol. The van der Waals surface area contributed by atoms with Crippen LogP contribution in [0.5, 0.6) is 0 Å². The van der Waals surface area contributed by atoms with Gasteiger partial charge in [-0.3, -0.25) is 9.10 Å². The van der Waals surface area contributed by atoms with E-state index in [0.29, 0.717) is 6.42 Å². The Morgan fingerprint density at radius 3 is 2.21 bits per heavy atom. The van der Waals surface area contributed by atoms with Crippen LogP contribution in [0.1, 0.15) is 33.6 Å². The number of carboxylic acid groups (broad SMARTS) is 1. The van der Waals surface area contributed by atoms with Crippen molar-refractivity contribution < 1.29 is 14.7 Å². The van der Waals surface area contributed by atoms with E-state index in [9.17, 15) is 9.59 Å². The lowest BCUT2D eigenvalue weighted by Gasteiger charge is -2.24. The summed E-state index contributed by atoms with van der Waals surface area (Å²) in [5, 5.41) is 8.89. The molecule has 1 amide bonds. The molecule has 0 rings (SSSR count). The van der Waals surface area contributed by atoms with Gasteiger partial charge >= 0.3 is 5.97 Å². The summed E-state index contributed by atoms with van der Waals surface area (Å²) < 4.78 is 1.02. The SMILES string of the molecule is CCC(=O)N(S)C(CC(C)C)C(=O)O. The van der Waals surface area contributed by atoms with Gasteiger partial charge in [-0.05, 0) is 12.3 Å². The maximum atomic E-state index is 11.2. The Labute approximate surface area is 89.8 Å². The molecule has 82 valence electrons. The van der Waals surface area contributed by atoms with Crippen molar-refractivity contribution in [1.29, 1.82) is 0 Å². The van der Waals surface area contributed by atoms with Crippen LogP contribution in [0.25, 0.3) is 0 Å². The molecule has 5 heteroatoms. The van der Waals surface area contributed by atoms with E-state index in [1.165, 1.54) is 0 Å². The second-order valence-corrected chi connectivity index (χ2v) is 4.01. The lowest BCUT2D eigenvalue weighted by atomic mass is 10.0. The van der Waals surface area contributed by atoms with E-state index in [1.807, 2.05) is 13.8 Å². The topological polar surface area (TPSA) is 57.6 Å². The molecule has 0 radical (unpaired) electrons. The number of hydrogen-bond donors (Lipinski definition) is 2. The molecular weight excluding hydrogens is 202 g/mol. The minimum Gasteiger partial charge on any atom is -0.480 e. The number of nitrogens with zero attached hydrogens (tertiary/aromatic N) is 1. The van der Waals surface area contributed by atoms with Crippen molar-refractivity contribution in [3.8, 4) is 0 Å². The molecule has 0 aromatic rings. The molecule has 0 heterocycles. The molecule has 0 bridgehead atoms. The molecule has 0 aromatic carbocycles. The molecule has 0 saturated carbocycles. The van der Waals surface area contributed by atoms with Crippen LogP contribution in [-0.2, 0) is 9.59 Å². The van der Waals surface area contributed by atoms with Crippen LogP contribution in [0.4, 0.5) is 0 Å². The van der Waals surface area contributed by atoms with E-state index in [4.69, 9.17) is 5.11 Å². The number of amides is 1. The van der Waals surface area contributed by atoms with Gasteiger partial charge in [-0.1, -0.05) is 33.6 Å². The largest absolute Gasteiger partial charge is 0.480 e. The average molecular weight is 219 g/mol. The summed E-state index contributed by atoms with van der Waals surface area (Å²) in [4.78, 5) is 22.1. The van der Waals surface area contributed by atoms with E-state index < -0.39 is 12.0 Å². The van der Waals surface area contributed by atoms with Crippen LogP contribution in [0.2, 0.25) is 0 Å². The Bertz CT molecular complexity index is 218. The zero-order chi connectivity index (χ0) is 11.3. The van der Waals surface area contributed by atoms with Crippen LogP contribution in [0, 0.1) is 5.92 Å². The van der Waals surface area contributed by atoms with Gasteiger partial charge in [-0.15, -0.1) is 0 Å². The average Bonchev–Trinajstić information content (AvgIpc) is 2.11. The Morgan fingerprint density at radius 1 is 1.43 bits per heavy atom. The van der Waals surface area contributed by atoms with Crippen LogP contribution >= 0.6 is 12.8 Å². The van der Waals surface area contributed by atoms with Crippen molar-refractivity contribution in [3.63, 3.8) is 0 Å². The summed E-state index contributed by atoms with van der Waals surface area (Å²) in [6.07, 6.45) is 0.690. The van der Waals surface area contributed by atoms with Crippen molar-refractivity contribution in [3.05, 3.63) is 0 Å². The van der Waals surface area contributed by atoms with Gasteiger partial charge in [-0.25, -0.2) is 4.79 Å². The molecule has 0 aliphatic heterocycles. The van der Waals surface area contributed by atoms with Gasteiger partial charge in [0.2, 0.25) is 5.91 Å². The zero-order valence-electron chi connectivity index (χ0n) is 8.73. The van der Waals surface area contributed by atoms with Crippen molar-refractivity contribution in [2.75, 3.05) is 0 Å². The van der Waals surface area contributed by atoms with Gasteiger partial charge in [0.25, 0.3) is 0 Å². The highest BCUT2D eigenvalue weighted by Gasteiger charge is 2.27. The van der Waals surface area contributed by atoms with Crippen molar-refractivity contribution in [2.45, 2.75) is 39.7 Å². The van der Waals surface area contributed by atoms with Crippen molar-refractivity contribution in [2.24, 2.45) is 5.92 Å². The smallest absolute Gasteiger partial charge is 0.327 e. The second kappa shape index (κ2) is 5.90. The van der Waals surface area contributed by atoms with Crippen LogP contribution < -0.4 is 0 Å². The Morgan fingerprint density at radius 2 is 1.93 bits per heavy atom. The summed E-state index contributed by atoms with van der Waals surface area (Å²) >= 11 is 3.92. The Kier molecular flexibility index (Phi) is 5.60. The van der Waals surface area contributed by atoms with Gasteiger partial charge in [0.1, 0.15) is 6.04 Å². The van der Waals surface area contributed by atoms with E-state index in [2.05, 4.69) is 12.8 Å². The number of carboxylic acids is 1. The fourth-order valence-corrected chi connectivity index (χ4v) is 1.42. The highest BCUT2D eigenvalue weighted by atomic mass is 32.1. The summed E-state index contributed by atoms with van der Waals surface area (Å²) in [7, 11) is 0. The molecule has 1 N–H and O–H groups in total. The van der Waals surface area contributed by atoms with Crippen LogP contribution in [-0.4, -0.2) is 27.3 Å². The van der Waals surface area contributed by atoms with Gasteiger partial charge in [0, 0.05) is 6.42 Å². The number of hydrogen-bond acceptors (Lipinski definition) is 3. The fourth-order valence-electron chi connectivity index (χ4n) is 1.09. The van der Waals surface area contributed by atoms with E-state index >= 15 is 0 Å². The lowest BCUT2D eigenvalue weighted by Crippen LogP contribution is -2.39. The number of carbonyl (C=O) groups excluding carboxylic acids is 1. The molecule has 4 nitrogen and oxygen atoms in total. The summed E-state index contributed by atoms with van der Waals surface area (Å²) in [6.45, 7) is 5.50. The van der Waals surface area contributed by atoms with E-state index in [-0.39, 0.29) is 18.2 Å². The molecule has 0 aliphatic rings. The number of carbonyl (C=O) groups is 2. The third-order valence-corrected chi connectivity index (χ3v) is 2.33. The minimum absolute atomic E-state index is 0.218. The Balaban J connectivity index is 4.48. The highest BCUT2D eigenvalue weighted by Crippen LogP contribution is 2.15. The predicted molar refractivity (Wildman–Crippen MR) is 57.0 cm³/mol. The molecule has 0 fully saturated rings. The maximum absolute atomic E-state index is 11.2. The molecule has 1 unspecified atom stereocenters. The first kappa shape index (κ1) is 13.3. The van der Waals surface area contributed by atoms with Crippen molar-refractivity contribution in [1.82, 2.24) is 4.31 Å². The third kappa shape index (κ3) is 4.00. The predicted octanol–water partition coefficient (Wildman–Crippen LogP) is 1.57. The second-order valence-electron chi connectivity index (χ2n) is 3.58. The number of rotatable bonds is 5. The van der Waals surface area contributed by atoms with Crippen LogP contribution in [0.3, 0.4) is 0 Å². The first-order chi connectivity index (χ1) is 6.40. The molecule has 0 saturated heterocycles. The van der Waals surface area contributed by atoms with Gasteiger partial charge in [0.15, 0.2) is 0 Å². The van der Waals surface area contributed by atoms with E-state index in [1.54, 1.807) is 6.92 Å². The molecule has 1 atom stereocenters. The third-order valence-electron chi connectivity index (χ3n) is 1.83. The quantitative estimate of drug-likeness (QED) is 0.690. The molecule has 0 aromatic heterocycles. The number of thiol groups is 1. The highest BCUT2D eigenvalue weighted by molar-refractivity contribution is 7.78. The summed E-state index contributed by atoms with van der Waals surface area (Å²) in [5.41, 5.74) is 0.